The van der Waals surface area contributed by atoms with E-state index in [-0.39, 0.29) is 17.6 Å². The van der Waals surface area contributed by atoms with Crippen molar-refractivity contribution < 1.29 is 14.3 Å². The molecule has 0 aliphatic heterocycles. The molecule has 1 atom stereocenters. The maximum atomic E-state index is 12.0. The first-order chi connectivity index (χ1) is 8.97. The van der Waals surface area contributed by atoms with E-state index in [0.717, 1.165) is 4.47 Å². The van der Waals surface area contributed by atoms with E-state index >= 15 is 0 Å². The first-order valence-electron chi connectivity index (χ1n) is 5.50. The molecule has 0 aliphatic carbocycles. The Labute approximate surface area is 125 Å². The summed E-state index contributed by atoms with van der Waals surface area (Å²) in [7, 11) is 1.54. The highest BCUT2D eigenvalue weighted by Gasteiger charge is 2.18. The lowest BCUT2D eigenvalue weighted by atomic mass is 10.2. The van der Waals surface area contributed by atoms with Crippen LogP contribution in [0.25, 0.3) is 0 Å². The lowest BCUT2D eigenvalue weighted by molar-refractivity contribution is -0.124. The Morgan fingerprint density at radius 3 is 2.68 bits per heavy atom. The van der Waals surface area contributed by atoms with E-state index in [9.17, 15) is 9.59 Å². The molecule has 0 heterocycles. The Balaban J connectivity index is 2.82. The van der Waals surface area contributed by atoms with Gasteiger partial charge in [-0.25, -0.2) is 0 Å². The van der Waals surface area contributed by atoms with Crippen LogP contribution in [0, 0.1) is 0 Å². The van der Waals surface area contributed by atoms with Gasteiger partial charge in [-0.3, -0.25) is 9.59 Å². The number of anilines is 1. The van der Waals surface area contributed by atoms with Crippen molar-refractivity contribution in [2.24, 2.45) is 0 Å². The number of carbonyl (C=O) groups is 2. The molecule has 0 aromatic heterocycles. The number of thiol groups is 1. The van der Waals surface area contributed by atoms with Crippen LogP contribution in [0.4, 0.5) is 5.69 Å². The topological polar surface area (TPSA) is 67.4 Å². The third-order valence-electron chi connectivity index (χ3n) is 2.31. The molecule has 104 valence electrons. The predicted molar refractivity (Wildman–Crippen MR) is 80.8 cm³/mol. The second-order valence-corrected chi connectivity index (χ2v) is 4.99. The molecule has 0 aliphatic rings. The molecule has 7 heteroatoms. The first-order valence-corrected chi connectivity index (χ1v) is 6.92. The minimum absolute atomic E-state index is 0.215. The van der Waals surface area contributed by atoms with Crippen molar-refractivity contribution in [1.82, 2.24) is 5.32 Å². The normalized spacial score (nSPS) is 11.6. The van der Waals surface area contributed by atoms with Gasteiger partial charge in [0, 0.05) is 23.2 Å². The highest BCUT2D eigenvalue weighted by atomic mass is 79.9. The van der Waals surface area contributed by atoms with Gasteiger partial charge >= 0.3 is 0 Å². The molecule has 2 amide bonds. The summed E-state index contributed by atoms with van der Waals surface area (Å²) >= 11 is 7.38. The molecular formula is C12H15BrN2O3S. The number of hydrogen-bond acceptors (Lipinski definition) is 4. The molecular weight excluding hydrogens is 332 g/mol. The number of hydrogen-bond donors (Lipinski definition) is 3. The van der Waals surface area contributed by atoms with Gasteiger partial charge in [-0.05, 0) is 28.1 Å². The van der Waals surface area contributed by atoms with Gasteiger partial charge in [0.2, 0.25) is 11.8 Å². The Bertz CT molecular complexity index is 482. The van der Waals surface area contributed by atoms with Crippen molar-refractivity contribution in [3.05, 3.63) is 22.7 Å². The zero-order chi connectivity index (χ0) is 14.4. The fourth-order valence-electron chi connectivity index (χ4n) is 1.39. The maximum absolute atomic E-state index is 12.0. The van der Waals surface area contributed by atoms with Crippen molar-refractivity contribution in [2.75, 3.05) is 18.2 Å². The summed E-state index contributed by atoms with van der Waals surface area (Å²) < 4.78 is 5.81. The maximum Gasteiger partial charge on any atom is 0.247 e. The number of halogens is 1. The minimum atomic E-state index is -0.682. The standard InChI is InChI=1S/C12H15BrN2O3S/c1-7(16)14-11(6-19)12(17)15-10-5-8(18-2)3-4-9(10)13/h3-5,11,19H,6H2,1-2H3,(H,14,16)(H,15,17). The summed E-state index contributed by atoms with van der Waals surface area (Å²) in [5.41, 5.74) is 0.571. The number of benzene rings is 1. The highest BCUT2D eigenvalue weighted by molar-refractivity contribution is 9.10. The summed E-state index contributed by atoms with van der Waals surface area (Å²) in [4.78, 5) is 23.0. The monoisotopic (exact) mass is 346 g/mol. The van der Waals surface area contributed by atoms with Gasteiger partial charge in [-0.2, -0.15) is 12.6 Å². The minimum Gasteiger partial charge on any atom is -0.497 e. The Morgan fingerprint density at radius 1 is 1.47 bits per heavy atom. The molecule has 0 spiro atoms. The number of methoxy groups -OCH3 is 1. The second kappa shape index (κ2) is 7.40. The molecule has 1 aromatic carbocycles. The number of carbonyl (C=O) groups excluding carboxylic acids is 2. The molecule has 0 radical (unpaired) electrons. The second-order valence-electron chi connectivity index (χ2n) is 3.77. The lowest BCUT2D eigenvalue weighted by Crippen LogP contribution is -2.44. The van der Waals surface area contributed by atoms with Crippen molar-refractivity contribution in [3.8, 4) is 5.75 Å². The third-order valence-corrected chi connectivity index (χ3v) is 3.36. The quantitative estimate of drug-likeness (QED) is 0.712. The van der Waals surface area contributed by atoms with Crippen molar-refractivity contribution in [3.63, 3.8) is 0 Å². The van der Waals surface area contributed by atoms with Gasteiger partial charge in [0.15, 0.2) is 0 Å². The van der Waals surface area contributed by atoms with Crippen LogP contribution in [0.15, 0.2) is 22.7 Å². The van der Waals surface area contributed by atoms with E-state index in [1.807, 2.05) is 0 Å². The smallest absolute Gasteiger partial charge is 0.247 e. The Morgan fingerprint density at radius 2 is 2.16 bits per heavy atom. The summed E-state index contributed by atoms with van der Waals surface area (Å²) in [6.07, 6.45) is 0. The lowest BCUT2D eigenvalue weighted by Gasteiger charge is -2.16. The molecule has 2 N–H and O–H groups in total. The summed E-state index contributed by atoms with van der Waals surface area (Å²) in [6, 6.07) is 4.54. The van der Waals surface area contributed by atoms with E-state index in [1.165, 1.54) is 6.92 Å². The summed E-state index contributed by atoms with van der Waals surface area (Å²) in [5, 5.41) is 5.24. The van der Waals surface area contributed by atoms with Gasteiger partial charge in [0.05, 0.1) is 12.8 Å². The average molecular weight is 347 g/mol. The molecule has 1 rings (SSSR count). The summed E-state index contributed by atoms with van der Waals surface area (Å²) in [5.74, 6) is 0.228. The highest BCUT2D eigenvalue weighted by Crippen LogP contribution is 2.27. The molecule has 1 unspecified atom stereocenters. The average Bonchev–Trinajstić information content (AvgIpc) is 2.38. The molecule has 0 saturated heterocycles. The van der Waals surface area contributed by atoms with Crippen molar-refractivity contribution >= 4 is 46.1 Å². The number of amides is 2. The first kappa shape index (κ1) is 15.8. The molecule has 0 fully saturated rings. The fourth-order valence-corrected chi connectivity index (χ4v) is 1.99. The number of ether oxygens (including phenoxy) is 1. The third kappa shape index (κ3) is 4.76. The predicted octanol–water partition coefficient (Wildman–Crippen LogP) is 1.83. The van der Waals surface area contributed by atoms with E-state index in [0.29, 0.717) is 11.4 Å². The van der Waals surface area contributed by atoms with Gasteiger partial charge in [0.25, 0.3) is 0 Å². The van der Waals surface area contributed by atoms with E-state index in [1.54, 1.807) is 25.3 Å². The Kier molecular flexibility index (Phi) is 6.17. The van der Waals surface area contributed by atoms with Crippen LogP contribution in [-0.4, -0.2) is 30.7 Å². The largest absolute Gasteiger partial charge is 0.497 e. The van der Waals surface area contributed by atoms with Gasteiger partial charge < -0.3 is 15.4 Å². The molecule has 0 bridgehead atoms. The summed E-state index contributed by atoms with van der Waals surface area (Å²) in [6.45, 7) is 1.35. The van der Waals surface area contributed by atoms with Crippen molar-refractivity contribution in [1.29, 1.82) is 0 Å². The van der Waals surface area contributed by atoms with E-state index in [4.69, 9.17) is 4.74 Å². The van der Waals surface area contributed by atoms with Crippen LogP contribution in [0.5, 0.6) is 5.75 Å². The molecule has 19 heavy (non-hydrogen) atoms. The fraction of sp³-hybridized carbons (Fsp3) is 0.333. The molecule has 5 nitrogen and oxygen atoms in total. The van der Waals surface area contributed by atoms with Crippen LogP contribution >= 0.6 is 28.6 Å². The van der Waals surface area contributed by atoms with Crippen LogP contribution in [0.2, 0.25) is 0 Å². The number of rotatable bonds is 5. The zero-order valence-corrected chi connectivity index (χ0v) is 13.0. The van der Waals surface area contributed by atoms with Crippen LogP contribution < -0.4 is 15.4 Å². The van der Waals surface area contributed by atoms with Crippen LogP contribution in [0.1, 0.15) is 6.92 Å². The molecule has 1 aromatic rings. The van der Waals surface area contributed by atoms with Crippen LogP contribution in [-0.2, 0) is 9.59 Å². The van der Waals surface area contributed by atoms with E-state index in [2.05, 4.69) is 39.2 Å². The zero-order valence-electron chi connectivity index (χ0n) is 10.6. The van der Waals surface area contributed by atoms with Crippen molar-refractivity contribution in [2.45, 2.75) is 13.0 Å². The van der Waals surface area contributed by atoms with E-state index < -0.39 is 6.04 Å². The van der Waals surface area contributed by atoms with Crippen LogP contribution in [0.3, 0.4) is 0 Å². The number of nitrogens with one attached hydrogen (secondary N) is 2. The molecule has 0 saturated carbocycles. The van der Waals surface area contributed by atoms with Gasteiger partial charge in [0.1, 0.15) is 11.8 Å². The van der Waals surface area contributed by atoms with Gasteiger partial charge in [-0.15, -0.1) is 0 Å². The SMILES string of the molecule is COc1ccc(Br)c(NC(=O)C(CS)NC(C)=O)c1. The Hall–Kier alpha value is -1.21. The van der Waals surface area contributed by atoms with Gasteiger partial charge in [-0.1, -0.05) is 0 Å².